The predicted molar refractivity (Wildman–Crippen MR) is 99.7 cm³/mol. The molecule has 0 aliphatic rings. The van der Waals surface area contributed by atoms with Gasteiger partial charge in [0.2, 0.25) is 0 Å². The summed E-state index contributed by atoms with van der Waals surface area (Å²) in [5.74, 6) is 0.149. The molecule has 3 rings (SSSR count). The number of carbonyl (C=O) groups is 1. The smallest absolute Gasteiger partial charge is 0.307 e. The van der Waals surface area contributed by atoms with E-state index >= 15 is 0 Å². The topological polar surface area (TPSA) is 80.7 Å². The first kappa shape index (κ1) is 17.9. The highest BCUT2D eigenvalue weighted by Crippen LogP contribution is 2.36. The van der Waals surface area contributed by atoms with E-state index in [1.165, 1.54) is 12.1 Å². The van der Waals surface area contributed by atoms with Crippen molar-refractivity contribution in [1.29, 1.82) is 0 Å². The van der Waals surface area contributed by atoms with E-state index < -0.39 is 15.8 Å². The number of benzene rings is 3. The highest BCUT2D eigenvalue weighted by atomic mass is 32.2. The second-order valence-corrected chi connectivity index (χ2v) is 8.14. The standard InChI is InChI=1S/C20H18O5S/c1-13-15(12-19(21)22)11-14-5-3-4-6-18(14)20(13)25-16-7-9-17(10-8-16)26(2,23)24/h3-11H,12H2,1-2H3,(H,21,22). The maximum Gasteiger partial charge on any atom is 0.307 e. The summed E-state index contributed by atoms with van der Waals surface area (Å²) in [6.07, 6.45) is 1.05. The van der Waals surface area contributed by atoms with Gasteiger partial charge in [-0.25, -0.2) is 8.42 Å². The van der Waals surface area contributed by atoms with Crippen LogP contribution in [0.1, 0.15) is 11.1 Å². The van der Waals surface area contributed by atoms with Crippen LogP contribution in [0.15, 0.2) is 59.5 Å². The summed E-state index contributed by atoms with van der Waals surface area (Å²) < 4.78 is 29.2. The lowest BCUT2D eigenvalue weighted by Gasteiger charge is -2.15. The van der Waals surface area contributed by atoms with Gasteiger partial charge in [-0.3, -0.25) is 4.79 Å². The molecule has 0 spiro atoms. The minimum absolute atomic E-state index is 0.0972. The summed E-state index contributed by atoms with van der Waals surface area (Å²) in [4.78, 5) is 11.4. The minimum atomic E-state index is -3.28. The van der Waals surface area contributed by atoms with Crippen molar-refractivity contribution in [3.63, 3.8) is 0 Å². The normalized spacial score (nSPS) is 11.5. The monoisotopic (exact) mass is 370 g/mol. The van der Waals surface area contributed by atoms with Crippen molar-refractivity contribution in [2.45, 2.75) is 18.2 Å². The molecule has 26 heavy (non-hydrogen) atoms. The van der Waals surface area contributed by atoms with Crippen LogP contribution in [-0.2, 0) is 21.1 Å². The molecule has 6 heteroatoms. The molecule has 3 aromatic rings. The molecule has 0 saturated carbocycles. The highest BCUT2D eigenvalue weighted by molar-refractivity contribution is 7.90. The molecule has 0 amide bonds. The Morgan fingerprint density at radius 3 is 2.35 bits per heavy atom. The van der Waals surface area contributed by atoms with Gasteiger partial charge in [-0.1, -0.05) is 30.3 Å². The van der Waals surface area contributed by atoms with E-state index in [0.29, 0.717) is 17.1 Å². The van der Waals surface area contributed by atoms with E-state index in [1.807, 2.05) is 37.3 Å². The maximum absolute atomic E-state index is 11.6. The Morgan fingerprint density at radius 2 is 1.73 bits per heavy atom. The summed E-state index contributed by atoms with van der Waals surface area (Å²) in [5, 5.41) is 10.9. The lowest BCUT2D eigenvalue weighted by Crippen LogP contribution is -2.03. The zero-order valence-electron chi connectivity index (χ0n) is 14.4. The Labute approximate surface area is 151 Å². The molecule has 0 unspecified atom stereocenters. The van der Waals surface area contributed by atoms with Crippen molar-refractivity contribution in [2.75, 3.05) is 6.26 Å². The van der Waals surface area contributed by atoms with E-state index in [9.17, 15) is 13.2 Å². The van der Waals surface area contributed by atoms with Gasteiger partial charge in [0.25, 0.3) is 0 Å². The molecule has 0 aliphatic heterocycles. The number of carboxylic acid groups (broad SMARTS) is 1. The third-order valence-corrected chi connectivity index (χ3v) is 5.30. The lowest BCUT2D eigenvalue weighted by molar-refractivity contribution is -0.136. The molecule has 0 radical (unpaired) electrons. The molecule has 0 atom stereocenters. The average molecular weight is 370 g/mol. The Bertz CT molecular complexity index is 1080. The van der Waals surface area contributed by atoms with E-state index in [0.717, 1.165) is 22.6 Å². The highest BCUT2D eigenvalue weighted by Gasteiger charge is 2.15. The number of rotatable bonds is 5. The van der Waals surface area contributed by atoms with Gasteiger partial charge >= 0.3 is 5.97 Å². The zero-order chi connectivity index (χ0) is 18.9. The van der Waals surface area contributed by atoms with Crippen LogP contribution in [0.25, 0.3) is 10.8 Å². The molecule has 1 N–H and O–H groups in total. The molecular weight excluding hydrogens is 352 g/mol. The number of carboxylic acids is 1. The van der Waals surface area contributed by atoms with Crippen molar-refractivity contribution in [3.05, 3.63) is 65.7 Å². The average Bonchev–Trinajstić information content (AvgIpc) is 2.58. The fourth-order valence-corrected chi connectivity index (χ4v) is 3.45. The summed E-state index contributed by atoms with van der Waals surface area (Å²) in [7, 11) is -3.28. The van der Waals surface area contributed by atoms with Crippen LogP contribution in [0.3, 0.4) is 0 Å². The number of aliphatic carboxylic acids is 1. The number of hydrogen-bond acceptors (Lipinski definition) is 4. The SMILES string of the molecule is Cc1c(CC(=O)O)cc2ccccc2c1Oc1ccc(S(C)(=O)=O)cc1. The first-order valence-corrected chi connectivity index (χ1v) is 9.86. The molecular formula is C20H18O5S. The number of sulfone groups is 1. The van der Waals surface area contributed by atoms with Crippen molar-refractivity contribution < 1.29 is 23.1 Å². The quantitative estimate of drug-likeness (QED) is 0.735. The molecule has 0 aliphatic carbocycles. The van der Waals surface area contributed by atoms with Crippen LogP contribution in [-0.4, -0.2) is 25.7 Å². The van der Waals surface area contributed by atoms with Gasteiger partial charge in [0.05, 0.1) is 11.3 Å². The summed E-state index contributed by atoms with van der Waals surface area (Å²) >= 11 is 0. The Balaban J connectivity index is 2.08. The molecule has 0 fully saturated rings. The van der Waals surface area contributed by atoms with Gasteiger partial charge < -0.3 is 9.84 Å². The maximum atomic E-state index is 11.6. The van der Waals surface area contributed by atoms with Gasteiger partial charge in [0.15, 0.2) is 9.84 Å². The van der Waals surface area contributed by atoms with Crippen molar-refractivity contribution in [1.82, 2.24) is 0 Å². The van der Waals surface area contributed by atoms with Gasteiger partial charge in [0, 0.05) is 11.6 Å². The third kappa shape index (κ3) is 3.70. The van der Waals surface area contributed by atoms with Crippen LogP contribution in [0.2, 0.25) is 0 Å². The van der Waals surface area contributed by atoms with E-state index in [1.54, 1.807) is 12.1 Å². The Hall–Kier alpha value is -2.86. The lowest BCUT2D eigenvalue weighted by atomic mass is 9.98. The second kappa shape index (κ2) is 6.80. The Kier molecular flexibility index (Phi) is 4.70. The number of hydrogen-bond donors (Lipinski definition) is 1. The first-order chi connectivity index (χ1) is 12.3. The van der Waals surface area contributed by atoms with E-state index in [4.69, 9.17) is 9.84 Å². The van der Waals surface area contributed by atoms with Gasteiger partial charge in [-0.15, -0.1) is 0 Å². The van der Waals surface area contributed by atoms with Crippen molar-refractivity contribution in [3.8, 4) is 11.5 Å². The van der Waals surface area contributed by atoms with Gasteiger partial charge in [-0.05, 0) is 47.7 Å². The van der Waals surface area contributed by atoms with Crippen LogP contribution in [0, 0.1) is 6.92 Å². The van der Waals surface area contributed by atoms with Crippen molar-refractivity contribution in [2.24, 2.45) is 0 Å². The predicted octanol–water partition coefficient (Wildman–Crippen LogP) is 3.97. The number of ether oxygens (including phenoxy) is 1. The fraction of sp³-hybridized carbons (Fsp3) is 0.150. The molecule has 134 valence electrons. The van der Waals surface area contributed by atoms with Gasteiger partial charge in [0.1, 0.15) is 11.5 Å². The first-order valence-electron chi connectivity index (χ1n) is 7.96. The van der Waals surface area contributed by atoms with E-state index in [2.05, 4.69) is 0 Å². The van der Waals surface area contributed by atoms with Crippen molar-refractivity contribution >= 4 is 26.6 Å². The summed E-state index contributed by atoms with van der Waals surface area (Å²) in [6, 6.07) is 15.6. The van der Waals surface area contributed by atoms with Crippen LogP contribution < -0.4 is 4.74 Å². The fourth-order valence-electron chi connectivity index (χ4n) is 2.82. The molecule has 0 aromatic heterocycles. The summed E-state index contributed by atoms with van der Waals surface area (Å²) in [6.45, 7) is 1.82. The van der Waals surface area contributed by atoms with Crippen LogP contribution in [0.5, 0.6) is 11.5 Å². The molecule has 0 heterocycles. The Morgan fingerprint density at radius 1 is 1.08 bits per heavy atom. The largest absolute Gasteiger partial charge is 0.481 e. The van der Waals surface area contributed by atoms with E-state index in [-0.39, 0.29) is 11.3 Å². The third-order valence-electron chi connectivity index (χ3n) is 4.17. The molecule has 5 nitrogen and oxygen atoms in total. The second-order valence-electron chi connectivity index (χ2n) is 6.13. The minimum Gasteiger partial charge on any atom is -0.481 e. The van der Waals surface area contributed by atoms with Crippen LogP contribution in [0.4, 0.5) is 0 Å². The molecule has 0 bridgehead atoms. The zero-order valence-corrected chi connectivity index (χ0v) is 15.2. The number of fused-ring (bicyclic) bond motifs is 1. The molecule has 0 saturated heterocycles. The van der Waals surface area contributed by atoms with Gasteiger partial charge in [-0.2, -0.15) is 0 Å². The van der Waals surface area contributed by atoms with Crippen LogP contribution >= 0.6 is 0 Å². The summed E-state index contributed by atoms with van der Waals surface area (Å²) in [5.41, 5.74) is 1.43. The molecule has 3 aromatic carbocycles.